The highest BCUT2D eigenvalue weighted by Crippen LogP contribution is 2.31. The van der Waals surface area contributed by atoms with Crippen LogP contribution in [0.1, 0.15) is 18.4 Å². The Morgan fingerprint density at radius 3 is 2.47 bits per heavy atom. The number of rotatable bonds is 7. The second-order valence-corrected chi connectivity index (χ2v) is 9.76. The summed E-state index contributed by atoms with van der Waals surface area (Å²) in [5, 5.41) is 16.1. The van der Waals surface area contributed by atoms with E-state index in [0.717, 1.165) is 42.4 Å². The minimum Gasteiger partial charge on any atom is -0.382 e. The molecule has 0 unspecified atom stereocenters. The summed E-state index contributed by atoms with van der Waals surface area (Å²) in [4.78, 5) is 2.39. The van der Waals surface area contributed by atoms with E-state index in [-0.39, 0.29) is 0 Å². The van der Waals surface area contributed by atoms with Crippen molar-refractivity contribution in [1.82, 2.24) is 19.7 Å². The number of para-hydroxylation sites is 1. The molecule has 0 atom stereocenters. The molecule has 2 aromatic heterocycles. The lowest BCUT2D eigenvalue weighted by Gasteiger charge is -2.30. The number of anilines is 3. The van der Waals surface area contributed by atoms with Crippen molar-refractivity contribution in [2.75, 3.05) is 30.8 Å². The number of H-pyrrole nitrogens is 1. The summed E-state index contributed by atoms with van der Waals surface area (Å²) in [6.07, 6.45) is 4.54. The number of aromatic nitrogens is 3. The van der Waals surface area contributed by atoms with Gasteiger partial charge >= 0.3 is 0 Å². The standard InChI is InChI=1S/C30H32N6/c1-35-17-15-26(16-18-35)31-24-10-12-25(13-11-24)32-29-20-28(33-34-29)27-9-5-8-23-14-19-36(30(23)27)21-22-6-3-2-4-7-22/h2-14,19-20,26,31H,15-18,21H2,1H3,(H2,32,33,34). The fourth-order valence-corrected chi connectivity index (χ4v) is 5.10. The van der Waals surface area contributed by atoms with Gasteiger partial charge in [0.25, 0.3) is 0 Å². The van der Waals surface area contributed by atoms with Crippen LogP contribution >= 0.6 is 0 Å². The van der Waals surface area contributed by atoms with Gasteiger partial charge < -0.3 is 20.1 Å². The van der Waals surface area contributed by atoms with Gasteiger partial charge in [-0.2, -0.15) is 5.10 Å². The average molecular weight is 477 g/mol. The lowest BCUT2D eigenvalue weighted by molar-refractivity contribution is 0.264. The van der Waals surface area contributed by atoms with Crippen LogP contribution in [0.15, 0.2) is 91.1 Å². The summed E-state index contributed by atoms with van der Waals surface area (Å²) in [5.41, 5.74) is 6.83. The molecule has 5 aromatic rings. The molecule has 6 rings (SSSR count). The van der Waals surface area contributed by atoms with Gasteiger partial charge in [0.05, 0.1) is 11.2 Å². The van der Waals surface area contributed by atoms with E-state index in [1.165, 1.54) is 35.0 Å². The van der Waals surface area contributed by atoms with Crippen LogP contribution in [0.25, 0.3) is 22.2 Å². The van der Waals surface area contributed by atoms with Gasteiger partial charge in [-0.15, -0.1) is 0 Å². The molecule has 0 amide bonds. The number of nitrogens with zero attached hydrogens (tertiary/aromatic N) is 3. The summed E-state index contributed by atoms with van der Waals surface area (Å²) in [6, 6.07) is 30.3. The van der Waals surface area contributed by atoms with Crippen molar-refractivity contribution in [2.24, 2.45) is 0 Å². The molecule has 6 heteroatoms. The number of nitrogens with one attached hydrogen (secondary N) is 3. The third kappa shape index (κ3) is 4.86. The van der Waals surface area contributed by atoms with E-state index >= 15 is 0 Å². The summed E-state index contributed by atoms with van der Waals surface area (Å²) >= 11 is 0. The predicted octanol–water partition coefficient (Wildman–Crippen LogP) is 6.33. The van der Waals surface area contributed by atoms with E-state index in [2.05, 4.69) is 128 Å². The molecule has 36 heavy (non-hydrogen) atoms. The second-order valence-electron chi connectivity index (χ2n) is 9.76. The van der Waals surface area contributed by atoms with Crippen LogP contribution in [0.5, 0.6) is 0 Å². The monoisotopic (exact) mass is 476 g/mol. The number of likely N-dealkylation sites (tertiary alicyclic amines) is 1. The molecular weight excluding hydrogens is 444 g/mol. The molecule has 1 fully saturated rings. The summed E-state index contributed by atoms with van der Waals surface area (Å²) in [5.74, 6) is 0.805. The molecule has 1 aliphatic rings. The number of hydrogen-bond acceptors (Lipinski definition) is 4. The zero-order valence-electron chi connectivity index (χ0n) is 20.6. The van der Waals surface area contributed by atoms with Gasteiger partial charge in [0.15, 0.2) is 5.82 Å². The summed E-state index contributed by atoms with van der Waals surface area (Å²) < 4.78 is 2.31. The van der Waals surface area contributed by atoms with E-state index in [0.29, 0.717) is 6.04 Å². The fourth-order valence-electron chi connectivity index (χ4n) is 5.10. The first kappa shape index (κ1) is 22.4. The number of benzene rings is 3. The Kier molecular flexibility index (Phi) is 6.18. The van der Waals surface area contributed by atoms with Crippen LogP contribution in [0.4, 0.5) is 17.2 Å². The molecule has 182 valence electrons. The van der Waals surface area contributed by atoms with Crippen LogP contribution in [0, 0.1) is 0 Å². The van der Waals surface area contributed by atoms with Gasteiger partial charge in [-0.1, -0.05) is 48.5 Å². The molecule has 0 radical (unpaired) electrons. The molecule has 3 N–H and O–H groups in total. The quantitative estimate of drug-likeness (QED) is 0.257. The molecular formula is C30H32N6. The van der Waals surface area contributed by atoms with Gasteiger partial charge in [0, 0.05) is 47.2 Å². The van der Waals surface area contributed by atoms with Gasteiger partial charge in [0.1, 0.15) is 0 Å². The topological polar surface area (TPSA) is 60.9 Å². The normalized spacial score (nSPS) is 14.8. The first-order valence-electron chi connectivity index (χ1n) is 12.7. The molecule has 3 aromatic carbocycles. The highest BCUT2D eigenvalue weighted by Gasteiger charge is 2.16. The minimum absolute atomic E-state index is 0.553. The molecule has 1 saturated heterocycles. The second kappa shape index (κ2) is 9.91. The Hall–Kier alpha value is -4.03. The maximum Gasteiger partial charge on any atom is 0.152 e. The van der Waals surface area contributed by atoms with E-state index in [1.807, 2.05) is 0 Å². The molecule has 0 bridgehead atoms. The molecule has 6 nitrogen and oxygen atoms in total. The Morgan fingerprint density at radius 1 is 0.889 bits per heavy atom. The Balaban J connectivity index is 1.18. The lowest BCUT2D eigenvalue weighted by Crippen LogP contribution is -2.36. The van der Waals surface area contributed by atoms with Crippen molar-refractivity contribution in [3.63, 3.8) is 0 Å². The Bertz CT molecular complexity index is 1430. The van der Waals surface area contributed by atoms with E-state index < -0.39 is 0 Å². The van der Waals surface area contributed by atoms with Crippen molar-refractivity contribution in [3.05, 3.63) is 96.7 Å². The lowest BCUT2D eigenvalue weighted by atomic mass is 10.1. The number of piperidine rings is 1. The van der Waals surface area contributed by atoms with Crippen molar-refractivity contribution in [1.29, 1.82) is 0 Å². The van der Waals surface area contributed by atoms with Crippen LogP contribution in [0.2, 0.25) is 0 Å². The highest BCUT2D eigenvalue weighted by atomic mass is 15.2. The Labute approximate surface area is 212 Å². The van der Waals surface area contributed by atoms with Gasteiger partial charge in [-0.25, -0.2) is 0 Å². The van der Waals surface area contributed by atoms with E-state index in [4.69, 9.17) is 0 Å². The van der Waals surface area contributed by atoms with Crippen molar-refractivity contribution in [2.45, 2.75) is 25.4 Å². The van der Waals surface area contributed by atoms with E-state index in [9.17, 15) is 0 Å². The smallest absolute Gasteiger partial charge is 0.152 e. The number of hydrogen-bond donors (Lipinski definition) is 3. The predicted molar refractivity (Wildman–Crippen MR) is 149 cm³/mol. The number of aromatic amines is 1. The van der Waals surface area contributed by atoms with Crippen LogP contribution in [0.3, 0.4) is 0 Å². The SMILES string of the molecule is CN1CCC(Nc2ccc(Nc3cc(-c4cccc5ccn(Cc6ccccc6)c45)[nH]n3)cc2)CC1. The highest BCUT2D eigenvalue weighted by molar-refractivity contribution is 5.94. The first-order valence-corrected chi connectivity index (χ1v) is 12.7. The zero-order valence-corrected chi connectivity index (χ0v) is 20.6. The maximum atomic E-state index is 4.55. The molecule has 0 spiro atoms. The van der Waals surface area contributed by atoms with Gasteiger partial charge in [-0.05, 0) is 68.9 Å². The fraction of sp³-hybridized carbons (Fsp3) is 0.233. The molecule has 0 saturated carbocycles. The molecule has 1 aliphatic heterocycles. The van der Waals surface area contributed by atoms with Crippen LogP contribution in [-0.4, -0.2) is 45.8 Å². The summed E-state index contributed by atoms with van der Waals surface area (Å²) in [7, 11) is 2.19. The van der Waals surface area contributed by atoms with Crippen molar-refractivity contribution in [3.8, 4) is 11.3 Å². The average Bonchev–Trinajstić information content (AvgIpc) is 3.54. The first-order chi connectivity index (χ1) is 17.7. The maximum absolute atomic E-state index is 4.55. The third-order valence-electron chi connectivity index (χ3n) is 7.10. The minimum atomic E-state index is 0.553. The van der Waals surface area contributed by atoms with E-state index in [1.54, 1.807) is 0 Å². The molecule has 0 aliphatic carbocycles. The summed E-state index contributed by atoms with van der Waals surface area (Å²) in [6.45, 7) is 3.14. The van der Waals surface area contributed by atoms with Crippen LogP contribution in [-0.2, 0) is 6.54 Å². The Morgan fingerprint density at radius 2 is 1.67 bits per heavy atom. The zero-order chi connectivity index (χ0) is 24.3. The van der Waals surface area contributed by atoms with Crippen LogP contribution < -0.4 is 10.6 Å². The van der Waals surface area contributed by atoms with Gasteiger partial charge in [-0.3, -0.25) is 5.10 Å². The van der Waals surface area contributed by atoms with Crippen molar-refractivity contribution < 1.29 is 0 Å². The third-order valence-corrected chi connectivity index (χ3v) is 7.10. The van der Waals surface area contributed by atoms with Gasteiger partial charge in [0.2, 0.25) is 0 Å². The van der Waals surface area contributed by atoms with Crippen molar-refractivity contribution >= 4 is 28.1 Å². The largest absolute Gasteiger partial charge is 0.382 e. The molecule has 3 heterocycles. The number of fused-ring (bicyclic) bond motifs is 1.